The van der Waals surface area contributed by atoms with Crippen molar-refractivity contribution in [3.8, 4) is 16.9 Å². The number of nitrogens with one attached hydrogen (secondary N) is 1. The lowest BCUT2D eigenvalue weighted by Crippen LogP contribution is -2.23. The largest absolute Gasteiger partial charge is 0.488 e. The molecule has 27 heavy (non-hydrogen) atoms. The minimum Gasteiger partial charge on any atom is -0.488 e. The van der Waals surface area contributed by atoms with Crippen LogP contribution in [-0.2, 0) is 13.2 Å². The van der Waals surface area contributed by atoms with Crippen LogP contribution in [0, 0.1) is 10.1 Å². The summed E-state index contributed by atoms with van der Waals surface area (Å²) in [4.78, 5) is 26.9. The quantitative estimate of drug-likeness (QED) is 0.567. The molecule has 0 radical (unpaired) electrons. The molecule has 4 rings (SSSR count). The number of nitro benzene ring substituents is 1. The highest BCUT2D eigenvalue weighted by molar-refractivity contribution is 5.95. The lowest BCUT2D eigenvalue weighted by molar-refractivity contribution is -0.384. The average molecular weight is 361 g/mol. The summed E-state index contributed by atoms with van der Waals surface area (Å²) < 4.78 is 5.75. The SMILES string of the molecule is O=C(NCc1cccc([N+](=O)[O-])c1)c1ccc2c(c1)OCc1cnccc1-2. The Morgan fingerprint density at radius 2 is 2.07 bits per heavy atom. The van der Waals surface area contributed by atoms with Crippen molar-refractivity contribution in [3.63, 3.8) is 0 Å². The molecule has 1 aromatic heterocycles. The first-order chi connectivity index (χ1) is 13.1. The Morgan fingerprint density at radius 1 is 1.19 bits per heavy atom. The maximum Gasteiger partial charge on any atom is 0.269 e. The smallest absolute Gasteiger partial charge is 0.269 e. The molecule has 1 aliphatic heterocycles. The van der Waals surface area contributed by atoms with Crippen molar-refractivity contribution in [1.82, 2.24) is 10.3 Å². The number of aromatic nitrogens is 1. The number of amides is 1. The van der Waals surface area contributed by atoms with E-state index in [2.05, 4.69) is 10.3 Å². The monoisotopic (exact) mass is 361 g/mol. The van der Waals surface area contributed by atoms with Gasteiger partial charge in [-0.15, -0.1) is 0 Å². The third-order valence-electron chi connectivity index (χ3n) is 4.40. The zero-order valence-corrected chi connectivity index (χ0v) is 14.2. The first-order valence-corrected chi connectivity index (χ1v) is 8.33. The Morgan fingerprint density at radius 3 is 2.93 bits per heavy atom. The molecule has 0 saturated heterocycles. The van der Waals surface area contributed by atoms with Gasteiger partial charge in [-0.3, -0.25) is 19.9 Å². The summed E-state index contributed by atoms with van der Waals surface area (Å²) in [5.41, 5.74) is 4.11. The van der Waals surface area contributed by atoms with Gasteiger partial charge in [-0.25, -0.2) is 0 Å². The van der Waals surface area contributed by atoms with Gasteiger partial charge in [0.05, 0.1) is 4.92 Å². The highest BCUT2D eigenvalue weighted by atomic mass is 16.6. The lowest BCUT2D eigenvalue weighted by atomic mass is 9.97. The molecule has 0 aliphatic carbocycles. The number of non-ortho nitro benzene ring substituents is 1. The van der Waals surface area contributed by atoms with Crippen LogP contribution in [0.2, 0.25) is 0 Å². The maximum absolute atomic E-state index is 12.5. The van der Waals surface area contributed by atoms with Crippen LogP contribution >= 0.6 is 0 Å². The van der Waals surface area contributed by atoms with Crippen LogP contribution in [0.5, 0.6) is 5.75 Å². The van der Waals surface area contributed by atoms with Crippen LogP contribution in [-0.4, -0.2) is 15.8 Å². The Kier molecular flexibility index (Phi) is 4.25. The van der Waals surface area contributed by atoms with E-state index in [1.807, 2.05) is 12.1 Å². The van der Waals surface area contributed by atoms with Crippen molar-refractivity contribution in [1.29, 1.82) is 0 Å². The standard InChI is InChI=1S/C20H15N3O4/c24-20(22-10-13-2-1-3-16(8-13)23(25)26)14-4-5-18-17-6-7-21-11-15(17)12-27-19(18)9-14/h1-9,11H,10,12H2,(H,22,24). The molecule has 2 heterocycles. The molecule has 0 atom stereocenters. The molecular formula is C20H15N3O4. The van der Waals surface area contributed by atoms with Crippen LogP contribution < -0.4 is 10.1 Å². The summed E-state index contributed by atoms with van der Waals surface area (Å²) >= 11 is 0. The zero-order valence-electron chi connectivity index (χ0n) is 14.2. The highest BCUT2D eigenvalue weighted by Crippen LogP contribution is 2.37. The van der Waals surface area contributed by atoms with Crippen molar-refractivity contribution in [2.24, 2.45) is 0 Å². The second-order valence-corrected chi connectivity index (χ2v) is 6.14. The number of ether oxygens (including phenoxy) is 1. The van der Waals surface area contributed by atoms with Crippen LogP contribution in [0.25, 0.3) is 11.1 Å². The Hall–Kier alpha value is -3.74. The third-order valence-corrected chi connectivity index (χ3v) is 4.40. The number of fused-ring (bicyclic) bond motifs is 3. The number of benzene rings is 2. The zero-order chi connectivity index (χ0) is 18.8. The molecule has 0 saturated carbocycles. The van der Waals surface area contributed by atoms with E-state index in [4.69, 9.17) is 4.74 Å². The number of carbonyl (C=O) groups is 1. The van der Waals surface area contributed by atoms with Crippen molar-refractivity contribution in [3.05, 3.63) is 87.7 Å². The molecule has 0 spiro atoms. The fourth-order valence-electron chi connectivity index (χ4n) is 3.03. The molecule has 0 unspecified atom stereocenters. The molecule has 1 amide bonds. The highest BCUT2D eigenvalue weighted by Gasteiger charge is 2.19. The third kappa shape index (κ3) is 3.35. The Labute approximate surface area is 154 Å². The fraction of sp³-hybridized carbons (Fsp3) is 0.100. The molecule has 0 bridgehead atoms. The summed E-state index contributed by atoms with van der Waals surface area (Å²) in [5, 5.41) is 13.6. The molecule has 2 aromatic carbocycles. The van der Waals surface area contributed by atoms with Gasteiger partial charge in [-0.05, 0) is 35.4 Å². The first kappa shape index (κ1) is 16.7. The molecule has 7 heteroatoms. The van der Waals surface area contributed by atoms with Crippen LogP contribution in [0.1, 0.15) is 21.5 Å². The predicted molar refractivity (Wildman–Crippen MR) is 98.3 cm³/mol. The van der Waals surface area contributed by atoms with E-state index < -0.39 is 4.92 Å². The summed E-state index contributed by atoms with van der Waals surface area (Å²) in [7, 11) is 0. The second kappa shape index (κ2) is 6.87. The topological polar surface area (TPSA) is 94.4 Å². The molecule has 134 valence electrons. The molecule has 3 aromatic rings. The van der Waals surface area contributed by atoms with Crippen LogP contribution in [0.15, 0.2) is 60.9 Å². The summed E-state index contributed by atoms with van der Waals surface area (Å²) in [6, 6.07) is 13.4. The number of rotatable bonds is 4. The second-order valence-electron chi connectivity index (χ2n) is 6.14. The van der Waals surface area contributed by atoms with Gasteiger partial charge in [0.2, 0.25) is 0 Å². The van der Waals surface area contributed by atoms with Crippen LogP contribution in [0.3, 0.4) is 0 Å². The minimum absolute atomic E-state index is 0.00270. The van der Waals surface area contributed by atoms with Gasteiger partial charge in [0, 0.05) is 47.8 Å². The van der Waals surface area contributed by atoms with Gasteiger partial charge in [-0.1, -0.05) is 12.1 Å². The van der Waals surface area contributed by atoms with Gasteiger partial charge in [0.25, 0.3) is 11.6 Å². The van der Waals surface area contributed by atoms with Gasteiger partial charge < -0.3 is 10.1 Å². The maximum atomic E-state index is 12.5. The van der Waals surface area contributed by atoms with Crippen molar-refractivity contribution >= 4 is 11.6 Å². The summed E-state index contributed by atoms with van der Waals surface area (Å²) in [6.45, 7) is 0.613. The number of pyridine rings is 1. The summed E-state index contributed by atoms with van der Waals surface area (Å²) in [5.74, 6) is 0.380. The van der Waals surface area contributed by atoms with Gasteiger partial charge in [-0.2, -0.15) is 0 Å². The fourth-order valence-corrected chi connectivity index (χ4v) is 3.03. The molecular weight excluding hydrogens is 346 g/mol. The van der Waals surface area contributed by atoms with Crippen molar-refractivity contribution in [2.75, 3.05) is 0 Å². The average Bonchev–Trinajstić information content (AvgIpc) is 2.71. The lowest BCUT2D eigenvalue weighted by Gasteiger charge is -2.20. The van der Waals surface area contributed by atoms with E-state index in [0.29, 0.717) is 23.5 Å². The van der Waals surface area contributed by atoms with E-state index in [1.54, 1.807) is 36.7 Å². The van der Waals surface area contributed by atoms with E-state index in [-0.39, 0.29) is 18.1 Å². The molecule has 1 aliphatic rings. The van der Waals surface area contributed by atoms with E-state index in [9.17, 15) is 14.9 Å². The van der Waals surface area contributed by atoms with E-state index in [0.717, 1.165) is 16.7 Å². The molecule has 1 N–H and O–H groups in total. The number of hydrogen-bond donors (Lipinski definition) is 1. The van der Waals surface area contributed by atoms with Gasteiger partial charge in [0.1, 0.15) is 12.4 Å². The van der Waals surface area contributed by atoms with Crippen LogP contribution in [0.4, 0.5) is 5.69 Å². The van der Waals surface area contributed by atoms with Crippen molar-refractivity contribution < 1.29 is 14.5 Å². The number of hydrogen-bond acceptors (Lipinski definition) is 5. The van der Waals surface area contributed by atoms with Gasteiger partial charge in [0.15, 0.2) is 0 Å². The molecule has 0 fully saturated rings. The minimum atomic E-state index is -0.459. The number of nitro groups is 1. The molecule has 7 nitrogen and oxygen atoms in total. The number of nitrogens with zero attached hydrogens (tertiary/aromatic N) is 2. The van der Waals surface area contributed by atoms with E-state index in [1.165, 1.54) is 12.1 Å². The number of carbonyl (C=O) groups excluding carboxylic acids is 1. The Bertz CT molecular complexity index is 1050. The van der Waals surface area contributed by atoms with Gasteiger partial charge >= 0.3 is 0 Å². The predicted octanol–water partition coefficient (Wildman–Crippen LogP) is 3.48. The Balaban J connectivity index is 1.51. The normalized spacial score (nSPS) is 11.7. The van der Waals surface area contributed by atoms with E-state index >= 15 is 0 Å². The first-order valence-electron chi connectivity index (χ1n) is 8.33. The summed E-state index contributed by atoms with van der Waals surface area (Å²) in [6.07, 6.45) is 3.51. The van der Waals surface area contributed by atoms with Crippen molar-refractivity contribution in [2.45, 2.75) is 13.2 Å².